The number of hydrogen-bond acceptors (Lipinski definition) is 4. The molecule has 5 heteroatoms. The lowest BCUT2D eigenvalue weighted by Gasteiger charge is -2.17. The first kappa shape index (κ1) is 20.2. The monoisotopic (exact) mass is 373 g/mol. The molecule has 0 saturated carbocycles. The Kier molecular flexibility index (Phi) is 8.35. The van der Waals surface area contributed by atoms with Crippen LogP contribution >= 0.6 is 11.8 Å². The van der Waals surface area contributed by atoms with E-state index in [0.717, 1.165) is 17.1 Å². The predicted octanol–water partition coefficient (Wildman–Crippen LogP) is 4.59. The second-order valence-electron chi connectivity index (χ2n) is 5.84. The van der Waals surface area contributed by atoms with Crippen molar-refractivity contribution >= 4 is 17.7 Å². The van der Waals surface area contributed by atoms with Gasteiger partial charge >= 0.3 is 0 Å². The smallest absolute Gasteiger partial charge is 0.230 e. The molecule has 0 aliphatic carbocycles. The van der Waals surface area contributed by atoms with E-state index in [0.29, 0.717) is 24.7 Å². The van der Waals surface area contributed by atoms with Crippen molar-refractivity contribution < 1.29 is 14.3 Å². The minimum atomic E-state index is -0.0882. The van der Waals surface area contributed by atoms with Crippen molar-refractivity contribution in [3.63, 3.8) is 0 Å². The second kappa shape index (κ2) is 10.8. The number of amides is 1. The SMILES string of the molecule is CCOc1ccc([C@@H](C)NC(=O)CSCc2ccccc2)cc1OCC. The van der Waals surface area contributed by atoms with Gasteiger partial charge in [-0.15, -0.1) is 11.8 Å². The maximum absolute atomic E-state index is 12.2. The third-order valence-electron chi connectivity index (χ3n) is 3.79. The summed E-state index contributed by atoms with van der Waals surface area (Å²) in [6, 6.07) is 15.9. The lowest BCUT2D eigenvalue weighted by molar-refractivity contribution is -0.119. The van der Waals surface area contributed by atoms with Gasteiger partial charge in [-0.25, -0.2) is 0 Å². The Morgan fingerprint density at radius 1 is 1.04 bits per heavy atom. The van der Waals surface area contributed by atoms with Crippen molar-refractivity contribution in [1.29, 1.82) is 0 Å². The maximum Gasteiger partial charge on any atom is 0.230 e. The number of thioether (sulfide) groups is 1. The van der Waals surface area contributed by atoms with E-state index in [1.807, 2.05) is 57.2 Å². The van der Waals surface area contributed by atoms with E-state index in [9.17, 15) is 4.79 Å². The summed E-state index contributed by atoms with van der Waals surface area (Å²) in [5.74, 6) is 2.75. The highest BCUT2D eigenvalue weighted by atomic mass is 32.2. The van der Waals surface area contributed by atoms with Crippen LogP contribution in [-0.2, 0) is 10.5 Å². The van der Waals surface area contributed by atoms with Gasteiger partial charge in [-0.1, -0.05) is 36.4 Å². The van der Waals surface area contributed by atoms with E-state index < -0.39 is 0 Å². The van der Waals surface area contributed by atoms with Crippen molar-refractivity contribution in [2.24, 2.45) is 0 Å². The number of rotatable bonds is 10. The van der Waals surface area contributed by atoms with E-state index in [4.69, 9.17) is 9.47 Å². The van der Waals surface area contributed by atoms with Gasteiger partial charge in [0.1, 0.15) is 0 Å². The summed E-state index contributed by atoms with van der Waals surface area (Å²) < 4.78 is 11.2. The first-order valence-corrected chi connectivity index (χ1v) is 10.1. The van der Waals surface area contributed by atoms with Crippen molar-refractivity contribution in [3.8, 4) is 11.5 Å². The Morgan fingerprint density at radius 2 is 1.73 bits per heavy atom. The molecule has 0 unspecified atom stereocenters. The molecular formula is C21H27NO3S. The first-order chi connectivity index (χ1) is 12.6. The van der Waals surface area contributed by atoms with E-state index in [2.05, 4.69) is 17.4 Å². The van der Waals surface area contributed by atoms with Crippen LogP contribution in [0.1, 0.15) is 37.9 Å². The van der Waals surface area contributed by atoms with Crippen molar-refractivity contribution in [1.82, 2.24) is 5.32 Å². The van der Waals surface area contributed by atoms with Crippen LogP contribution in [0.5, 0.6) is 11.5 Å². The molecule has 0 saturated heterocycles. The largest absolute Gasteiger partial charge is 0.490 e. The molecule has 26 heavy (non-hydrogen) atoms. The van der Waals surface area contributed by atoms with Gasteiger partial charge in [-0.3, -0.25) is 4.79 Å². The van der Waals surface area contributed by atoms with E-state index in [1.165, 1.54) is 5.56 Å². The van der Waals surface area contributed by atoms with Crippen LogP contribution in [-0.4, -0.2) is 24.9 Å². The molecule has 0 bridgehead atoms. The van der Waals surface area contributed by atoms with Crippen LogP contribution in [0.4, 0.5) is 0 Å². The molecule has 1 N–H and O–H groups in total. The normalized spacial score (nSPS) is 11.7. The molecule has 0 radical (unpaired) electrons. The Labute approximate surface area is 160 Å². The van der Waals surface area contributed by atoms with Gasteiger partial charge in [0.2, 0.25) is 5.91 Å². The lowest BCUT2D eigenvalue weighted by atomic mass is 10.1. The molecule has 0 fully saturated rings. The lowest BCUT2D eigenvalue weighted by Crippen LogP contribution is -2.28. The van der Waals surface area contributed by atoms with Gasteiger partial charge in [0.25, 0.3) is 0 Å². The van der Waals surface area contributed by atoms with Gasteiger partial charge in [0, 0.05) is 5.75 Å². The Balaban J connectivity index is 1.88. The maximum atomic E-state index is 12.2. The van der Waals surface area contributed by atoms with Crippen molar-refractivity contribution in [2.45, 2.75) is 32.6 Å². The highest BCUT2D eigenvalue weighted by molar-refractivity contribution is 7.99. The van der Waals surface area contributed by atoms with E-state index in [1.54, 1.807) is 11.8 Å². The third kappa shape index (κ3) is 6.30. The Bertz CT molecular complexity index is 691. The minimum Gasteiger partial charge on any atom is -0.490 e. The van der Waals surface area contributed by atoms with Gasteiger partial charge < -0.3 is 14.8 Å². The van der Waals surface area contributed by atoms with Gasteiger partial charge in [-0.05, 0) is 44.0 Å². The van der Waals surface area contributed by atoms with Crippen LogP contribution in [0.3, 0.4) is 0 Å². The molecular weight excluding hydrogens is 346 g/mol. The molecule has 1 amide bonds. The van der Waals surface area contributed by atoms with Crippen molar-refractivity contribution in [3.05, 3.63) is 59.7 Å². The molecule has 0 aromatic heterocycles. The average Bonchev–Trinajstić information content (AvgIpc) is 2.64. The standard InChI is InChI=1S/C21H27NO3S/c1-4-24-19-12-11-18(13-20(19)25-5-2)16(3)22-21(23)15-26-14-17-9-7-6-8-10-17/h6-13,16H,4-5,14-15H2,1-3H3,(H,22,23)/t16-/m1/s1. The molecule has 0 heterocycles. The number of carbonyl (C=O) groups excluding carboxylic acids is 1. The predicted molar refractivity (Wildman–Crippen MR) is 108 cm³/mol. The van der Waals surface area contributed by atoms with Crippen LogP contribution in [0.15, 0.2) is 48.5 Å². The molecule has 4 nitrogen and oxygen atoms in total. The third-order valence-corrected chi connectivity index (χ3v) is 4.79. The highest BCUT2D eigenvalue weighted by Gasteiger charge is 2.13. The van der Waals surface area contributed by atoms with Gasteiger partial charge in [0.05, 0.1) is 25.0 Å². The van der Waals surface area contributed by atoms with E-state index >= 15 is 0 Å². The van der Waals surface area contributed by atoms with Crippen LogP contribution in [0, 0.1) is 0 Å². The summed E-state index contributed by atoms with van der Waals surface area (Å²) in [6.45, 7) is 7.02. The molecule has 140 valence electrons. The zero-order chi connectivity index (χ0) is 18.8. The fourth-order valence-corrected chi connectivity index (χ4v) is 3.34. The average molecular weight is 374 g/mol. The zero-order valence-electron chi connectivity index (χ0n) is 15.7. The number of ether oxygens (including phenoxy) is 2. The van der Waals surface area contributed by atoms with E-state index in [-0.39, 0.29) is 11.9 Å². The van der Waals surface area contributed by atoms with Crippen LogP contribution in [0.25, 0.3) is 0 Å². The summed E-state index contributed by atoms with van der Waals surface area (Å²) in [7, 11) is 0. The minimum absolute atomic E-state index is 0.0327. The molecule has 1 atom stereocenters. The summed E-state index contributed by atoms with van der Waals surface area (Å²) in [4.78, 5) is 12.2. The van der Waals surface area contributed by atoms with Crippen LogP contribution in [0.2, 0.25) is 0 Å². The first-order valence-electron chi connectivity index (χ1n) is 8.94. The topological polar surface area (TPSA) is 47.6 Å². The fraction of sp³-hybridized carbons (Fsp3) is 0.381. The zero-order valence-corrected chi connectivity index (χ0v) is 16.5. The summed E-state index contributed by atoms with van der Waals surface area (Å²) >= 11 is 1.62. The molecule has 2 aromatic rings. The van der Waals surface area contributed by atoms with Gasteiger partial charge in [0.15, 0.2) is 11.5 Å². The van der Waals surface area contributed by atoms with Crippen LogP contribution < -0.4 is 14.8 Å². The molecule has 0 aliphatic rings. The highest BCUT2D eigenvalue weighted by Crippen LogP contribution is 2.30. The number of benzene rings is 2. The molecule has 2 aromatic carbocycles. The molecule has 0 spiro atoms. The summed E-state index contributed by atoms with van der Waals surface area (Å²) in [5.41, 5.74) is 2.23. The number of carbonyl (C=O) groups is 1. The Hall–Kier alpha value is -2.14. The molecule has 0 aliphatic heterocycles. The second-order valence-corrected chi connectivity index (χ2v) is 6.83. The quantitative estimate of drug-likeness (QED) is 0.661. The Morgan fingerprint density at radius 3 is 2.42 bits per heavy atom. The van der Waals surface area contributed by atoms with Gasteiger partial charge in [-0.2, -0.15) is 0 Å². The molecule has 2 rings (SSSR count). The number of hydrogen-bond donors (Lipinski definition) is 1. The van der Waals surface area contributed by atoms with Crippen molar-refractivity contribution in [2.75, 3.05) is 19.0 Å². The summed E-state index contributed by atoms with van der Waals surface area (Å²) in [6.07, 6.45) is 0. The summed E-state index contributed by atoms with van der Waals surface area (Å²) in [5, 5.41) is 3.05. The number of nitrogens with one attached hydrogen (secondary N) is 1. The fourth-order valence-electron chi connectivity index (χ4n) is 2.54.